The van der Waals surface area contributed by atoms with Gasteiger partial charge in [0.25, 0.3) is 0 Å². The Bertz CT molecular complexity index is 1040. The molecule has 26 heavy (non-hydrogen) atoms. The van der Waals surface area contributed by atoms with Crippen molar-refractivity contribution in [3.05, 3.63) is 36.8 Å². The van der Waals surface area contributed by atoms with Crippen LogP contribution in [0.3, 0.4) is 0 Å². The van der Waals surface area contributed by atoms with Gasteiger partial charge in [-0.05, 0) is 31.0 Å². The molecule has 136 valence electrons. The summed E-state index contributed by atoms with van der Waals surface area (Å²) in [5.74, 6) is 0.593. The molecule has 3 aromatic rings. The van der Waals surface area contributed by atoms with Gasteiger partial charge >= 0.3 is 0 Å². The van der Waals surface area contributed by atoms with Crippen molar-refractivity contribution in [3.8, 4) is 0 Å². The van der Waals surface area contributed by atoms with Crippen molar-refractivity contribution in [2.24, 2.45) is 7.05 Å². The molecule has 2 aromatic heterocycles. The van der Waals surface area contributed by atoms with E-state index in [2.05, 4.69) is 20.4 Å². The molecule has 0 aliphatic carbocycles. The molecule has 3 heterocycles. The summed E-state index contributed by atoms with van der Waals surface area (Å²) in [6.07, 6.45) is 6.06. The van der Waals surface area contributed by atoms with E-state index in [4.69, 9.17) is 0 Å². The van der Waals surface area contributed by atoms with Crippen LogP contribution in [0.4, 0.5) is 11.5 Å². The number of aryl methyl sites for hydroxylation is 1. The fourth-order valence-corrected chi connectivity index (χ4v) is 4.75. The summed E-state index contributed by atoms with van der Waals surface area (Å²) in [7, 11) is -1.66. The molecular formula is C17H20N6O2S. The molecular weight excluding hydrogens is 352 g/mol. The van der Waals surface area contributed by atoms with Crippen molar-refractivity contribution in [3.63, 3.8) is 0 Å². The van der Waals surface area contributed by atoms with Crippen LogP contribution in [0.1, 0.15) is 19.3 Å². The number of nitrogens with one attached hydrogen (secondary N) is 1. The van der Waals surface area contributed by atoms with Crippen LogP contribution in [0.25, 0.3) is 11.0 Å². The van der Waals surface area contributed by atoms with E-state index in [-0.39, 0.29) is 0 Å². The minimum atomic E-state index is -3.47. The SMILES string of the molecule is Cn1ncc2c(Nc3cccc(S(=O)(=O)N4CCCCC4)c3)ncnc21. The Hall–Kier alpha value is -2.52. The highest BCUT2D eigenvalue weighted by molar-refractivity contribution is 7.89. The van der Waals surface area contributed by atoms with Gasteiger partial charge in [-0.3, -0.25) is 4.68 Å². The van der Waals surface area contributed by atoms with Crippen LogP contribution in [-0.4, -0.2) is 45.6 Å². The van der Waals surface area contributed by atoms with Crippen molar-refractivity contribution in [2.75, 3.05) is 18.4 Å². The van der Waals surface area contributed by atoms with Gasteiger partial charge in [0.15, 0.2) is 5.65 Å². The van der Waals surface area contributed by atoms with E-state index in [0.717, 1.165) is 24.6 Å². The third kappa shape index (κ3) is 3.04. The molecule has 8 nitrogen and oxygen atoms in total. The van der Waals surface area contributed by atoms with Gasteiger partial charge < -0.3 is 5.32 Å². The van der Waals surface area contributed by atoms with Gasteiger partial charge in [0.1, 0.15) is 12.1 Å². The van der Waals surface area contributed by atoms with Gasteiger partial charge in [-0.2, -0.15) is 9.40 Å². The zero-order valence-electron chi connectivity index (χ0n) is 14.5. The Kier molecular flexibility index (Phi) is 4.33. The van der Waals surface area contributed by atoms with Crippen LogP contribution in [0.5, 0.6) is 0 Å². The topological polar surface area (TPSA) is 93.0 Å². The molecule has 0 bridgehead atoms. The van der Waals surface area contributed by atoms with E-state index in [9.17, 15) is 8.42 Å². The summed E-state index contributed by atoms with van der Waals surface area (Å²) in [4.78, 5) is 8.76. The van der Waals surface area contributed by atoms with Crippen LogP contribution in [0.2, 0.25) is 0 Å². The van der Waals surface area contributed by atoms with Crippen molar-refractivity contribution < 1.29 is 8.42 Å². The average Bonchev–Trinajstić information content (AvgIpc) is 3.05. The molecule has 0 spiro atoms. The number of aromatic nitrogens is 4. The molecule has 1 aromatic carbocycles. The summed E-state index contributed by atoms with van der Waals surface area (Å²) in [5, 5.41) is 8.15. The molecule has 1 aliphatic heterocycles. The molecule has 1 saturated heterocycles. The maximum Gasteiger partial charge on any atom is 0.243 e. The highest BCUT2D eigenvalue weighted by Gasteiger charge is 2.26. The van der Waals surface area contributed by atoms with E-state index in [0.29, 0.717) is 35.1 Å². The lowest BCUT2D eigenvalue weighted by Gasteiger charge is -2.26. The van der Waals surface area contributed by atoms with Crippen LogP contribution in [-0.2, 0) is 17.1 Å². The van der Waals surface area contributed by atoms with Crippen molar-refractivity contribution in [1.29, 1.82) is 0 Å². The smallest absolute Gasteiger partial charge is 0.243 e. The van der Waals surface area contributed by atoms with Gasteiger partial charge in [-0.25, -0.2) is 18.4 Å². The van der Waals surface area contributed by atoms with Crippen LogP contribution in [0.15, 0.2) is 41.7 Å². The van der Waals surface area contributed by atoms with E-state index < -0.39 is 10.0 Å². The molecule has 0 saturated carbocycles. The Morgan fingerprint density at radius 2 is 1.92 bits per heavy atom. The number of benzene rings is 1. The maximum atomic E-state index is 12.9. The number of anilines is 2. The fraction of sp³-hybridized carbons (Fsp3) is 0.353. The molecule has 0 unspecified atom stereocenters. The second-order valence-electron chi connectivity index (χ2n) is 6.35. The Morgan fingerprint density at radius 1 is 1.12 bits per heavy atom. The van der Waals surface area contributed by atoms with Crippen LogP contribution >= 0.6 is 0 Å². The standard InChI is InChI=1S/C17H20N6O2S/c1-22-17-15(11-20-22)16(18-12-19-17)21-13-6-5-7-14(10-13)26(24,25)23-8-3-2-4-9-23/h5-7,10-12H,2-4,8-9H2,1H3,(H,18,19,21). The number of hydrogen-bond acceptors (Lipinski definition) is 6. The molecule has 1 fully saturated rings. The lowest BCUT2D eigenvalue weighted by Crippen LogP contribution is -2.35. The minimum Gasteiger partial charge on any atom is -0.339 e. The third-order valence-corrected chi connectivity index (χ3v) is 6.47. The summed E-state index contributed by atoms with van der Waals surface area (Å²) >= 11 is 0. The Labute approximate surface area is 151 Å². The molecule has 9 heteroatoms. The van der Waals surface area contributed by atoms with Crippen molar-refractivity contribution in [2.45, 2.75) is 24.2 Å². The number of sulfonamides is 1. The first-order valence-electron chi connectivity index (χ1n) is 8.56. The fourth-order valence-electron chi connectivity index (χ4n) is 3.19. The second-order valence-corrected chi connectivity index (χ2v) is 8.28. The number of nitrogens with zero attached hydrogens (tertiary/aromatic N) is 5. The van der Waals surface area contributed by atoms with E-state index >= 15 is 0 Å². The van der Waals surface area contributed by atoms with Crippen molar-refractivity contribution >= 4 is 32.6 Å². The number of fused-ring (bicyclic) bond motifs is 1. The lowest BCUT2D eigenvalue weighted by molar-refractivity contribution is 0.346. The highest BCUT2D eigenvalue weighted by atomic mass is 32.2. The third-order valence-electron chi connectivity index (χ3n) is 4.58. The zero-order valence-corrected chi connectivity index (χ0v) is 15.3. The van der Waals surface area contributed by atoms with E-state index in [1.54, 1.807) is 33.4 Å². The monoisotopic (exact) mass is 372 g/mol. The Balaban J connectivity index is 1.65. The van der Waals surface area contributed by atoms with Crippen molar-refractivity contribution in [1.82, 2.24) is 24.1 Å². The van der Waals surface area contributed by atoms with Gasteiger partial charge in [-0.15, -0.1) is 0 Å². The van der Waals surface area contributed by atoms with Crippen LogP contribution in [0, 0.1) is 0 Å². The van der Waals surface area contributed by atoms with Gasteiger partial charge in [-0.1, -0.05) is 12.5 Å². The number of piperidine rings is 1. The molecule has 4 rings (SSSR count). The first-order valence-corrected chi connectivity index (χ1v) is 10.00. The minimum absolute atomic E-state index is 0.292. The van der Waals surface area contributed by atoms with Gasteiger partial charge in [0.2, 0.25) is 10.0 Å². The summed E-state index contributed by atoms with van der Waals surface area (Å²) in [6, 6.07) is 6.84. The predicted octanol–water partition coefficient (Wildman–Crippen LogP) is 2.28. The largest absolute Gasteiger partial charge is 0.339 e. The second kappa shape index (κ2) is 6.65. The first kappa shape index (κ1) is 16.9. The molecule has 0 radical (unpaired) electrons. The molecule has 1 aliphatic rings. The maximum absolute atomic E-state index is 12.9. The quantitative estimate of drug-likeness (QED) is 0.755. The lowest BCUT2D eigenvalue weighted by atomic mass is 10.2. The Morgan fingerprint density at radius 3 is 2.73 bits per heavy atom. The average molecular weight is 372 g/mol. The number of rotatable bonds is 4. The molecule has 1 N–H and O–H groups in total. The predicted molar refractivity (Wildman–Crippen MR) is 98.6 cm³/mol. The first-order chi connectivity index (χ1) is 12.6. The summed E-state index contributed by atoms with van der Waals surface area (Å²) < 4.78 is 29.0. The normalized spacial score (nSPS) is 16.0. The highest BCUT2D eigenvalue weighted by Crippen LogP contribution is 2.26. The molecule has 0 amide bonds. The van der Waals surface area contributed by atoms with E-state index in [1.807, 2.05) is 13.1 Å². The molecule has 0 atom stereocenters. The number of hydrogen-bond donors (Lipinski definition) is 1. The van der Waals surface area contributed by atoms with Gasteiger partial charge in [0, 0.05) is 25.8 Å². The summed E-state index contributed by atoms with van der Waals surface area (Å²) in [5.41, 5.74) is 1.37. The van der Waals surface area contributed by atoms with Gasteiger partial charge in [0.05, 0.1) is 16.5 Å². The van der Waals surface area contributed by atoms with E-state index in [1.165, 1.54) is 6.33 Å². The summed E-state index contributed by atoms with van der Waals surface area (Å²) in [6.45, 7) is 1.17. The zero-order chi connectivity index (χ0) is 18.1. The van der Waals surface area contributed by atoms with Crippen LogP contribution < -0.4 is 5.32 Å².